The van der Waals surface area contributed by atoms with Crippen molar-refractivity contribution in [2.24, 2.45) is 0 Å². The van der Waals surface area contributed by atoms with E-state index >= 15 is 0 Å². The maximum absolute atomic E-state index is 14.1. The number of fused-ring (bicyclic) bond motifs is 3. The Morgan fingerprint density at radius 1 is 0.867 bits per heavy atom. The standard InChI is InChI=1S/C24H17F2N3O/c1-30-19-4-2-3-15(11-19)13-29-14-21-23(16-5-7-17(25)8-6-16)27-28-24(21)20-12-18(26)9-10-22(20)29/h2-12,14H,13H2,1H3. The molecule has 0 atom stereocenters. The van der Waals surface area contributed by atoms with Gasteiger partial charge in [-0.3, -0.25) is 0 Å². The normalized spacial score (nSPS) is 11.3. The largest absolute Gasteiger partial charge is 0.497 e. The van der Waals surface area contributed by atoms with Crippen molar-refractivity contribution < 1.29 is 13.5 Å². The van der Waals surface area contributed by atoms with E-state index in [1.54, 1.807) is 25.3 Å². The van der Waals surface area contributed by atoms with E-state index in [0.717, 1.165) is 28.0 Å². The lowest BCUT2D eigenvalue weighted by molar-refractivity contribution is 0.414. The van der Waals surface area contributed by atoms with Gasteiger partial charge in [0.15, 0.2) is 0 Å². The number of pyridine rings is 1. The number of halogens is 2. The highest BCUT2D eigenvalue weighted by molar-refractivity contribution is 5.98. The number of benzene rings is 3. The second-order valence-electron chi connectivity index (χ2n) is 7.09. The molecule has 30 heavy (non-hydrogen) atoms. The van der Waals surface area contributed by atoms with Gasteiger partial charge in [0, 0.05) is 29.3 Å². The van der Waals surface area contributed by atoms with E-state index < -0.39 is 0 Å². The topological polar surface area (TPSA) is 39.9 Å². The smallest absolute Gasteiger partial charge is 0.124 e. The molecule has 0 N–H and O–H groups in total. The number of hydrogen-bond acceptors (Lipinski definition) is 3. The Morgan fingerprint density at radius 2 is 1.63 bits per heavy atom. The second-order valence-corrected chi connectivity index (χ2v) is 7.09. The van der Waals surface area contributed by atoms with Crippen LogP contribution in [0.2, 0.25) is 0 Å². The van der Waals surface area contributed by atoms with E-state index in [-0.39, 0.29) is 11.6 Å². The molecular formula is C24H17F2N3O. The Morgan fingerprint density at radius 3 is 2.43 bits per heavy atom. The Kier molecular flexibility index (Phi) is 4.39. The molecule has 0 aliphatic carbocycles. The van der Waals surface area contributed by atoms with Gasteiger partial charge in [0.05, 0.1) is 12.6 Å². The van der Waals surface area contributed by atoms with Gasteiger partial charge >= 0.3 is 0 Å². The first-order valence-electron chi connectivity index (χ1n) is 9.46. The highest BCUT2D eigenvalue weighted by Gasteiger charge is 2.20. The Bertz CT molecular complexity index is 1330. The molecule has 4 nitrogen and oxygen atoms in total. The number of methoxy groups -OCH3 is 1. The van der Waals surface area contributed by atoms with Gasteiger partial charge in [-0.1, -0.05) is 12.1 Å². The first-order chi connectivity index (χ1) is 14.6. The average Bonchev–Trinajstić information content (AvgIpc) is 3.18. The van der Waals surface area contributed by atoms with Gasteiger partial charge in [0.2, 0.25) is 0 Å². The van der Waals surface area contributed by atoms with Gasteiger partial charge < -0.3 is 9.30 Å². The van der Waals surface area contributed by atoms with Crippen LogP contribution >= 0.6 is 0 Å². The Labute approximate surface area is 171 Å². The third-order valence-corrected chi connectivity index (χ3v) is 5.17. The molecule has 2 heterocycles. The van der Waals surface area contributed by atoms with Crippen LogP contribution in [0, 0.1) is 11.6 Å². The zero-order valence-corrected chi connectivity index (χ0v) is 16.1. The minimum atomic E-state index is -0.339. The van der Waals surface area contributed by atoms with Crippen molar-refractivity contribution in [3.63, 3.8) is 0 Å². The summed E-state index contributed by atoms with van der Waals surface area (Å²) in [5, 5.41) is 9.32. The van der Waals surface area contributed by atoms with Gasteiger partial charge in [-0.05, 0) is 60.2 Å². The third kappa shape index (κ3) is 3.16. The van der Waals surface area contributed by atoms with E-state index in [0.29, 0.717) is 23.3 Å². The molecule has 0 aromatic heterocycles. The lowest BCUT2D eigenvalue weighted by Crippen LogP contribution is -2.04. The van der Waals surface area contributed by atoms with Crippen LogP contribution in [-0.2, 0) is 6.54 Å². The molecule has 2 aliphatic rings. The van der Waals surface area contributed by atoms with Crippen LogP contribution in [0.5, 0.6) is 5.75 Å². The maximum atomic E-state index is 14.1. The molecule has 0 bridgehead atoms. The Balaban J connectivity index is 1.71. The van der Waals surface area contributed by atoms with Crippen molar-refractivity contribution in [1.29, 1.82) is 0 Å². The zero-order chi connectivity index (χ0) is 20.7. The molecule has 0 radical (unpaired) electrons. The fraction of sp³-hybridized carbons (Fsp3) is 0.0833. The summed E-state index contributed by atoms with van der Waals surface area (Å²) < 4.78 is 34.8. The van der Waals surface area contributed by atoms with E-state index in [4.69, 9.17) is 4.74 Å². The van der Waals surface area contributed by atoms with E-state index in [1.165, 1.54) is 24.3 Å². The summed E-state index contributed by atoms with van der Waals surface area (Å²) in [7, 11) is 1.63. The van der Waals surface area contributed by atoms with Crippen molar-refractivity contribution in [2.75, 3.05) is 7.11 Å². The number of nitrogens with zero attached hydrogens (tertiary/aromatic N) is 3. The van der Waals surface area contributed by atoms with Crippen LogP contribution in [0.3, 0.4) is 0 Å². The van der Waals surface area contributed by atoms with Crippen LogP contribution < -0.4 is 4.74 Å². The Hall–Kier alpha value is -3.80. The molecule has 148 valence electrons. The summed E-state index contributed by atoms with van der Waals surface area (Å²) >= 11 is 0. The molecule has 0 spiro atoms. The summed E-state index contributed by atoms with van der Waals surface area (Å²) in [6.07, 6.45) is 1.97. The van der Waals surface area contributed by atoms with Crippen LogP contribution in [0.15, 0.2) is 72.9 Å². The maximum Gasteiger partial charge on any atom is 0.124 e. The number of rotatable bonds is 4. The van der Waals surface area contributed by atoms with Crippen molar-refractivity contribution in [1.82, 2.24) is 14.8 Å². The van der Waals surface area contributed by atoms with E-state index in [2.05, 4.69) is 10.2 Å². The molecule has 0 saturated carbocycles. The first kappa shape index (κ1) is 18.2. The molecule has 3 aromatic carbocycles. The number of hydrogen-bond donors (Lipinski definition) is 0. The third-order valence-electron chi connectivity index (χ3n) is 5.17. The molecular weight excluding hydrogens is 384 g/mol. The highest BCUT2D eigenvalue weighted by atomic mass is 19.1. The fourth-order valence-corrected chi connectivity index (χ4v) is 3.73. The molecule has 0 fully saturated rings. The van der Waals surface area contributed by atoms with Crippen molar-refractivity contribution in [3.05, 3.63) is 90.1 Å². The molecule has 0 unspecified atom stereocenters. The van der Waals surface area contributed by atoms with Gasteiger partial charge in [0.25, 0.3) is 0 Å². The minimum absolute atomic E-state index is 0.316. The summed E-state index contributed by atoms with van der Waals surface area (Å²) in [5.74, 6) is 0.116. The minimum Gasteiger partial charge on any atom is -0.497 e. The first-order valence-corrected chi connectivity index (χ1v) is 9.46. The van der Waals surface area contributed by atoms with E-state index in [9.17, 15) is 8.78 Å². The van der Waals surface area contributed by atoms with Gasteiger partial charge in [0.1, 0.15) is 28.8 Å². The summed E-state index contributed by atoms with van der Waals surface area (Å²) in [6.45, 7) is 0.559. The molecule has 0 amide bonds. The lowest BCUT2D eigenvalue weighted by Gasteiger charge is -2.16. The fourth-order valence-electron chi connectivity index (χ4n) is 3.73. The SMILES string of the molecule is COc1cccc(Cn2cc3c(-c4ccc(F)cc4)nnc-3c3cc(F)ccc32)c1. The lowest BCUT2D eigenvalue weighted by atomic mass is 10.0. The van der Waals surface area contributed by atoms with Crippen LogP contribution in [-0.4, -0.2) is 21.9 Å². The zero-order valence-electron chi connectivity index (χ0n) is 16.1. The van der Waals surface area contributed by atoms with Crippen LogP contribution in [0.25, 0.3) is 33.4 Å². The predicted molar refractivity (Wildman–Crippen MR) is 112 cm³/mol. The monoisotopic (exact) mass is 401 g/mol. The van der Waals surface area contributed by atoms with Crippen molar-refractivity contribution >= 4 is 10.9 Å². The van der Waals surface area contributed by atoms with Crippen molar-refractivity contribution in [2.45, 2.75) is 6.54 Å². The summed E-state index contributed by atoms with van der Waals surface area (Å²) in [6, 6.07) is 18.6. The van der Waals surface area contributed by atoms with Crippen LogP contribution in [0.1, 0.15) is 5.56 Å². The molecule has 0 saturated heterocycles. The quantitative estimate of drug-likeness (QED) is 0.397. The van der Waals surface area contributed by atoms with Gasteiger partial charge in [-0.2, -0.15) is 0 Å². The molecule has 6 heteroatoms. The second kappa shape index (κ2) is 7.22. The summed E-state index contributed by atoms with van der Waals surface area (Å²) in [5.41, 5.74) is 4.67. The molecule has 2 aliphatic heterocycles. The van der Waals surface area contributed by atoms with E-state index in [1.807, 2.05) is 35.0 Å². The van der Waals surface area contributed by atoms with Gasteiger partial charge in [-0.15, -0.1) is 10.2 Å². The number of aromatic nitrogens is 3. The molecule has 5 rings (SSSR count). The van der Waals surface area contributed by atoms with Gasteiger partial charge in [-0.25, -0.2) is 8.78 Å². The summed E-state index contributed by atoms with van der Waals surface area (Å²) in [4.78, 5) is 0. The molecule has 3 aromatic rings. The number of ether oxygens (including phenoxy) is 1. The predicted octanol–water partition coefficient (Wildman–Crippen LogP) is 5.54. The average molecular weight is 401 g/mol. The van der Waals surface area contributed by atoms with Crippen LogP contribution in [0.4, 0.5) is 8.78 Å². The van der Waals surface area contributed by atoms with Crippen molar-refractivity contribution in [3.8, 4) is 28.3 Å². The highest BCUT2D eigenvalue weighted by Crippen LogP contribution is 2.37.